The third-order valence-corrected chi connectivity index (χ3v) is 6.62. The first-order valence-electron chi connectivity index (χ1n) is 15.2. The maximum atomic E-state index is 11.6. The number of halogens is 3. The monoisotopic (exact) mass is 726 g/mol. The van der Waals surface area contributed by atoms with Crippen LogP contribution in [0.2, 0.25) is 15.1 Å². The smallest absolute Gasteiger partial charge is 0.349 e. The second kappa shape index (κ2) is 20.0. The molecule has 9 nitrogen and oxygen atoms in total. The van der Waals surface area contributed by atoms with Crippen LogP contribution in [0.1, 0.15) is 62.3 Å². The fourth-order valence-electron chi connectivity index (χ4n) is 3.43. The Morgan fingerprint density at radius 3 is 0.792 bits per heavy atom. The summed E-state index contributed by atoms with van der Waals surface area (Å²) in [6.45, 7) is 16.3. The molecular weight excluding hydrogens is 683 g/mol. The molecule has 0 saturated carbocycles. The van der Waals surface area contributed by atoms with Crippen molar-refractivity contribution in [1.82, 2.24) is 0 Å². The van der Waals surface area contributed by atoms with Crippen LogP contribution in [0.5, 0.6) is 17.2 Å². The van der Waals surface area contributed by atoms with Gasteiger partial charge >= 0.3 is 17.9 Å². The van der Waals surface area contributed by atoms with E-state index in [1.165, 1.54) is 0 Å². The molecule has 0 bridgehead atoms. The molecule has 3 aromatic rings. The third-order valence-electron chi connectivity index (χ3n) is 5.86. The summed E-state index contributed by atoms with van der Waals surface area (Å²) < 4.78 is 31.4. The number of benzene rings is 3. The van der Waals surface area contributed by atoms with Crippen molar-refractivity contribution in [3.05, 3.63) is 87.9 Å². The van der Waals surface area contributed by atoms with Gasteiger partial charge in [0.15, 0.2) is 16.8 Å². The van der Waals surface area contributed by atoms with Gasteiger partial charge in [0.05, 0.1) is 19.8 Å². The zero-order valence-electron chi connectivity index (χ0n) is 28.9. The summed E-state index contributed by atoms with van der Waals surface area (Å²) in [5, 5.41) is 1.88. The molecule has 3 aromatic carbocycles. The third kappa shape index (κ3) is 15.5. The van der Waals surface area contributed by atoms with Gasteiger partial charge in [0, 0.05) is 15.1 Å². The number of carbonyl (C=O) groups excluding carboxylic acids is 3. The molecule has 0 N–H and O–H groups in total. The molecule has 0 heterocycles. The van der Waals surface area contributed by atoms with E-state index in [4.69, 9.17) is 63.2 Å². The summed E-state index contributed by atoms with van der Waals surface area (Å²) in [6.07, 6.45) is 0. The summed E-state index contributed by atoms with van der Waals surface area (Å²) in [4.78, 5) is 34.7. The topological polar surface area (TPSA) is 107 Å². The molecule has 0 aliphatic rings. The minimum absolute atomic E-state index is 0.340. The van der Waals surface area contributed by atoms with Crippen molar-refractivity contribution < 1.29 is 42.8 Å². The lowest BCUT2D eigenvalue weighted by molar-refractivity contribution is -0.159. The number of ether oxygens (including phenoxy) is 6. The van der Waals surface area contributed by atoms with E-state index in [2.05, 4.69) is 0 Å². The van der Waals surface area contributed by atoms with Crippen molar-refractivity contribution in [2.45, 2.75) is 79.1 Å². The maximum absolute atomic E-state index is 11.6. The normalized spacial score (nSPS) is 11.0. The van der Waals surface area contributed by atoms with E-state index in [9.17, 15) is 14.4 Å². The molecule has 0 atom stereocenters. The summed E-state index contributed by atoms with van der Waals surface area (Å²) in [5.74, 6) is 0.604. The molecule has 48 heavy (non-hydrogen) atoms. The molecule has 264 valence electrons. The summed E-state index contributed by atoms with van der Waals surface area (Å²) >= 11 is 17.2. The van der Waals surface area contributed by atoms with Gasteiger partial charge in [0.25, 0.3) is 0 Å². The Balaban J connectivity index is 0.000000360. The Bertz CT molecular complexity index is 1250. The quantitative estimate of drug-likeness (QED) is 0.133. The number of hydrogen-bond donors (Lipinski definition) is 0. The van der Waals surface area contributed by atoms with Gasteiger partial charge in [-0.1, -0.05) is 34.8 Å². The molecule has 3 rings (SSSR count). The Hall–Kier alpha value is -3.66. The zero-order valence-corrected chi connectivity index (χ0v) is 31.1. The molecule has 0 amide bonds. The highest BCUT2D eigenvalue weighted by atomic mass is 35.5. The Morgan fingerprint density at radius 2 is 0.625 bits per heavy atom. The summed E-state index contributed by atoms with van der Waals surface area (Å²) in [6, 6.07) is 20.5. The molecular formula is C36H45Cl3O9. The molecule has 0 spiro atoms. The van der Waals surface area contributed by atoms with E-state index < -0.39 is 16.8 Å². The van der Waals surface area contributed by atoms with Gasteiger partial charge in [-0.05, 0) is 135 Å². The fourth-order valence-corrected chi connectivity index (χ4v) is 3.81. The van der Waals surface area contributed by atoms with Crippen LogP contribution in [-0.4, -0.2) is 54.5 Å². The van der Waals surface area contributed by atoms with Crippen LogP contribution in [0.3, 0.4) is 0 Å². The van der Waals surface area contributed by atoms with Gasteiger partial charge < -0.3 is 28.4 Å². The van der Waals surface area contributed by atoms with Crippen molar-refractivity contribution in [3.63, 3.8) is 0 Å². The predicted molar refractivity (Wildman–Crippen MR) is 188 cm³/mol. The lowest BCUT2D eigenvalue weighted by Gasteiger charge is -2.23. The number of hydrogen-bond acceptors (Lipinski definition) is 9. The van der Waals surface area contributed by atoms with E-state index in [-0.39, 0.29) is 17.9 Å². The Labute approximate surface area is 298 Å². The van der Waals surface area contributed by atoms with Crippen LogP contribution < -0.4 is 14.2 Å². The maximum Gasteiger partial charge on any atom is 0.349 e. The van der Waals surface area contributed by atoms with Gasteiger partial charge in [0.1, 0.15) is 17.2 Å². The molecule has 0 aliphatic heterocycles. The average molecular weight is 728 g/mol. The van der Waals surface area contributed by atoms with Crippen LogP contribution in [-0.2, 0) is 28.6 Å². The molecule has 0 unspecified atom stereocenters. The highest BCUT2D eigenvalue weighted by Crippen LogP contribution is 2.24. The largest absolute Gasteiger partial charge is 0.476 e. The van der Waals surface area contributed by atoms with Gasteiger partial charge in [-0.2, -0.15) is 0 Å². The van der Waals surface area contributed by atoms with E-state index in [1.807, 2.05) is 0 Å². The van der Waals surface area contributed by atoms with E-state index >= 15 is 0 Å². The highest BCUT2D eigenvalue weighted by molar-refractivity contribution is 6.31. The van der Waals surface area contributed by atoms with Crippen LogP contribution in [0.4, 0.5) is 0 Å². The Morgan fingerprint density at radius 1 is 0.438 bits per heavy atom. The highest BCUT2D eigenvalue weighted by Gasteiger charge is 2.33. The first kappa shape index (κ1) is 42.4. The number of rotatable bonds is 12. The van der Waals surface area contributed by atoms with Crippen molar-refractivity contribution in [2.75, 3.05) is 19.8 Å². The molecule has 0 saturated heterocycles. The number of esters is 3. The van der Waals surface area contributed by atoms with Gasteiger partial charge in [-0.3, -0.25) is 0 Å². The minimum atomic E-state index is -0.996. The van der Waals surface area contributed by atoms with E-state index in [0.717, 1.165) is 0 Å². The van der Waals surface area contributed by atoms with Crippen molar-refractivity contribution in [2.24, 2.45) is 0 Å². The molecule has 0 radical (unpaired) electrons. The van der Waals surface area contributed by atoms with E-state index in [1.54, 1.807) is 135 Å². The van der Waals surface area contributed by atoms with Crippen LogP contribution in [0.15, 0.2) is 72.8 Å². The Kier molecular flexibility index (Phi) is 17.6. The second-order valence-electron chi connectivity index (χ2n) is 11.4. The van der Waals surface area contributed by atoms with Crippen molar-refractivity contribution in [3.8, 4) is 17.2 Å². The SMILES string of the molecule is CCOC(=O)C(C)(C)Oc1ccc(Cl)cc1.CCOC(=O)C(C)(C)Oc1ccc(Cl)cc1.CCOC(=O)C(C)(C)Oc1ccc(Cl)cc1. The van der Waals surface area contributed by atoms with E-state index in [0.29, 0.717) is 52.1 Å². The summed E-state index contributed by atoms with van der Waals surface area (Å²) in [5.41, 5.74) is -2.99. The van der Waals surface area contributed by atoms with Gasteiger partial charge in [-0.15, -0.1) is 0 Å². The van der Waals surface area contributed by atoms with Crippen LogP contribution in [0.25, 0.3) is 0 Å². The standard InChI is InChI=1S/3C12H15ClO3/c3*1-4-15-11(14)12(2,3)16-10-7-5-9(13)6-8-10/h3*5-8H,4H2,1-3H3. The first-order chi connectivity index (χ1) is 22.4. The minimum Gasteiger partial charge on any atom is -0.476 e. The summed E-state index contributed by atoms with van der Waals surface area (Å²) in [7, 11) is 0. The lowest BCUT2D eigenvalue weighted by Crippen LogP contribution is -2.39. The van der Waals surface area contributed by atoms with Crippen molar-refractivity contribution in [1.29, 1.82) is 0 Å². The predicted octanol–water partition coefficient (Wildman–Crippen LogP) is 9.18. The van der Waals surface area contributed by atoms with Crippen LogP contribution >= 0.6 is 34.8 Å². The number of carbonyl (C=O) groups is 3. The molecule has 12 heteroatoms. The average Bonchev–Trinajstić information content (AvgIpc) is 3.01. The fraction of sp³-hybridized carbons (Fsp3) is 0.417. The zero-order chi connectivity index (χ0) is 36.5. The second-order valence-corrected chi connectivity index (χ2v) is 12.7. The van der Waals surface area contributed by atoms with Gasteiger partial charge in [0.2, 0.25) is 0 Å². The first-order valence-corrected chi connectivity index (χ1v) is 16.4. The lowest BCUT2D eigenvalue weighted by atomic mass is 10.1. The van der Waals surface area contributed by atoms with Crippen LogP contribution in [0, 0.1) is 0 Å². The van der Waals surface area contributed by atoms with Crippen molar-refractivity contribution >= 4 is 52.7 Å². The molecule has 0 aromatic heterocycles. The molecule has 0 aliphatic carbocycles. The molecule has 0 fully saturated rings. The van der Waals surface area contributed by atoms with Gasteiger partial charge in [-0.25, -0.2) is 14.4 Å².